The summed E-state index contributed by atoms with van der Waals surface area (Å²) in [4.78, 5) is 15.1. The summed E-state index contributed by atoms with van der Waals surface area (Å²) in [5.41, 5.74) is 2.91. The molecular weight excluding hydrogens is 590 g/mol. The number of piperidine rings is 1. The van der Waals surface area contributed by atoms with Crippen molar-refractivity contribution in [2.45, 2.75) is 31.1 Å². The molecule has 1 amide bonds. The Morgan fingerprint density at radius 1 is 1.10 bits per heavy atom. The summed E-state index contributed by atoms with van der Waals surface area (Å²) >= 11 is 6.80. The topological polar surface area (TPSA) is 58.6 Å². The second-order valence-corrected chi connectivity index (χ2v) is 8.48. The molecule has 0 unspecified atom stereocenters. The zero-order valence-corrected chi connectivity index (χ0v) is 20.9. The predicted molar refractivity (Wildman–Crippen MR) is 118 cm³/mol. The molecule has 2 heterocycles. The van der Waals surface area contributed by atoms with Crippen LogP contribution in [0.2, 0.25) is 5.02 Å². The number of hydrogen-bond donors (Lipinski definition) is 1. The van der Waals surface area contributed by atoms with Crippen molar-refractivity contribution in [1.29, 1.82) is 0 Å². The van der Waals surface area contributed by atoms with Crippen molar-refractivity contribution < 1.29 is 31.6 Å². The summed E-state index contributed by atoms with van der Waals surface area (Å²) in [5.74, 6) is 2.60. The summed E-state index contributed by atoms with van der Waals surface area (Å²) in [7, 11) is 0. The maximum absolute atomic E-state index is 12.7. The number of nitrogens with one attached hydrogen (secondary N) is 1. The van der Waals surface area contributed by atoms with Gasteiger partial charge in [0.15, 0.2) is 0 Å². The fraction of sp³-hybridized carbons (Fsp3) is 0.375. The van der Waals surface area contributed by atoms with Gasteiger partial charge in [0.05, 0.1) is 11.2 Å². The van der Waals surface area contributed by atoms with Crippen LogP contribution >= 0.6 is 11.6 Å². The molecule has 2 aromatic carbocycles. The number of amides is 1. The van der Waals surface area contributed by atoms with Crippen LogP contribution in [-0.2, 0) is 32.3 Å². The molecule has 0 atom stereocenters. The van der Waals surface area contributed by atoms with Gasteiger partial charge in [-0.2, -0.15) is 23.6 Å². The fourth-order valence-corrected chi connectivity index (χ4v) is 4.64. The van der Waals surface area contributed by atoms with E-state index in [4.69, 9.17) is 19.9 Å². The first-order chi connectivity index (χ1) is 14.6. The van der Waals surface area contributed by atoms with Crippen LogP contribution in [0.3, 0.4) is 0 Å². The van der Waals surface area contributed by atoms with Gasteiger partial charge in [0.2, 0.25) is 5.91 Å². The van der Waals surface area contributed by atoms with Gasteiger partial charge in [-0.05, 0) is 49.7 Å². The molecule has 1 N–H and O–H groups in total. The number of fused-ring (bicyclic) bond motifs is 2. The summed E-state index contributed by atoms with van der Waals surface area (Å²) < 4.78 is 14.2. The van der Waals surface area contributed by atoms with Crippen LogP contribution in [0.5, 0.6) is 5.75 Å². The predicted octanol–water partition coefficient (Wildman–Crippen LogP) is 4.75. The van der Waals surface area contributed by atoms with Crippen molar-refractivity contribution in [3.05, 3.63) is 72.0 Å². The van der Waals surface area contributed by atoms with Crippen molar-refractivity contribution in [2.75, 3.05) is 31.6 Å². The zero-order chi connectivity index (χ0) is 21.1. The van der Waals surface area contributed by atoms with Crippen LogP contribution in [0, 0.1) is 13.3 Å². The molecule has 7 heteroatoms. The first-order valence-corrected chi connectivity index (χ1v) is 11.6. The molecule has 0 bridgehead atoms. The molecular formula is C24H27ClN2O3Os-2. The average molecular weight is 617 g/mol. The molecule has 1 saturated heterocycles. The molecule has 5 nitrogen and oxygen atoms in total. The number of rotatable bonds is 5. The molecule has 0 radical (unpaired) electrons. The van der Waals surface area contributed by atoms with Crippen LogP contribution in [0.4, 0.5) is 5.69 Å². The van der Waals surface area contributed by atoms with E-state index in [0.29, 0.717) is 30.2 Å². The third-order valence-corrected chi connectivity index (χ3v) is 6.56. The second-order valence-electron chi connectivity index (χ2n) is 8.04. The Bertz CT molecular complexity index is 910. The quantitative estimate of drug-likeness (QED) is 0.493. The van der Waals surface area contributed by atoms with Crippen LogP contribution < -0.4 is 10.1 Å². The Morgan fingerprint density at radius 3 is 2.42 bits per heavy atom. The van der Waals surface area contributed by atoms with Crippen molar-refractivity contribution >= 4 is 23.2 Å². The van der Waals surface area contributed by atoms with Crippen molar-refractivity contribution in [3.8, 4) is 5.75 Å². The third kappa shape index (κ3) is 5.03. The molecule has 1 saturated carbocycles. The zero-order valence-electron chi connectivity index (χ0n) is 17.6. The minimum atomic E-state index is -0.423. The Balaban J connectivity index is 0.000000883. The van der Waals surface area contributed by atoms with E-state index in [1.807, 2.05) is 18.2 Å². The summed E-state index contributed by atoms with van der Waals surface area (Å²) in [6.45, 7) is 3.32. The number of benzene rings is 2. The Morgan fingerprint density at radius 2 is 1.77 bits per heavy atom. The van der Waals surface area contributed by atoms with E-state index in [0.717, 1.165) is 49.5 Å². The fourth-order valence-electron chi connectivity index (χ4n) is 4.47. The number of nitrogens with zero attached hydrogens (tertiary/aromatic N) is 1. The van der Waals surface area contributed by atoms with Gasteiger partial charge in [0.1, 0.15) is 6.61 Å². The normalized spacial score (nSPS) is 18.4. The molecule has 168 valence electrons. The van der Waals surface area contributed by atoms with Crippen LogP contribution in [0.25, 0.3) is 0 Å². The van der Waals surface area contributed by atoms with E-state index in [1.165, 1.54) is 18.4 Å². The average Bonchev–Trinajstić information content (AvgIpc) is 3.59. The number of ether oxygens (including phenoxy) is 1. The van der Waals surface area contributed by atoms with Crippen LogP contribution in [0.1, 0.15) is 36.8 Å². The van der Waals surface area contributed by atoms with Crippen molar-refractivity contribution in [3.63, 3.8) is 0 Å². The van der Waals surface area contributed by atoms with E-state index in [1.54, 1.807) is 5.92 Å². The Hall–Kier alpha value is -1.73. The molecule has 1 spiro atoms. The Labute approximate surface area is 199 Å². The summed E-state index contributed by atoms with van der Waals surface area (Å²) in [6.07, 6.45) is 4.12. The van der Waals surface area contributed by atoms with E-state index >= 15 is 0 Å². The SMILES string of the molecule is O=C1Nc2ccc(Cl)cc2C12CCN(CCOc1ccc([C-]3CC3)cc1)CC2.[CH3-].[O]=[Os]. The molecule has 5 rings (SSSR count). The first-order valence-electron chi connectivity index (χ1n) is 10.2. The van der Waals surface area contributed by atoms with Crippen LogP contribution in [-0.4, -0.2) is 37.0 Å². The van der Waals surface area contributed by atoms with Gasteiger partial charge in [-0.1, -0.05) is 36.6 Å². The van der Waals surface area contributed by atoms with Crippen LogP contribution in [0.15, 0.2) is 42.5 Å². The van der Waals surface area contributed by atoms with Gasteiger partial charge < -0.3 is 17.5 Å². The third-order valence-electron chi connectivity index (χ3n) is 6.33. The number of hydrogen-bond acceptors (Lipinski definition) is 4. The maximum atomic E-state index is 12.7. The second kappa shape index (κ2) is 10.3. The molecule has 1 aliphatic carbocycles. The minimum absolute atomic E-state index is 0. The molecule has 2 fully saturated rings. The standard InChI is InChI=1S/C23H24ClN2O2.CH3.O.Os/c24-18-5-8-21-20(15-18)23(22(27)25-21)9-11-26(12-10-23)13-14-28-19-6-3-17(4-7-19)16-1-2-16;;;/h3-8,15H,1-2,9-14H2,(H,25,27);1H3;;/q2*-1;;. The van der Waals surface area contributed by atoms with Gasteiger partial charge in [0, 0.05) is 17.3 Å². The van der Waals surface area contributed by atoms with Crippen molar-refractivity contribution in [1.82, 2.24) is 4.90 Å². The van der Waals surface area contributed by atoms with Gasteiger partial charge in [0.25, 0.3) is 0 Å². The van der Waals surface area contributed by atoms with Crippen molar-refractivity contribution in [2.24, 2.45) is 0 Å². The molecule has 3 aliphatic rings. The van der Waals surface area contributed by atoms with E-state index in [2.05, 4.69) is 34.5 Å². The molecule has 31 heavy (non-hydrogen) atoms. The first kappa shape index (κ1) is 23.9. The van der Waals surface area contributed by atoms with E-state index in [9.17, 15) is 4.79 Å². The number of likely N-dealkylation sites (tertiary alicyclic amines) is 1. The summed E-state index contributed by atoms with van der Waals surface area (Å²) in [5, 5.41) is 3.73. The Kier molecular flexibility index (Phi) is 7.91. The number of carbonyl (C=O) groups is 1. The van der Waals surface area contributed by atoms with Gasteiger partial charge in [-0.3, -0.25) is 9.69 Å². The van der Waals surface area contributed by atoms with Gasteiger partial charge >= 0.3 is 22.1 Å². The van der Waals surface area contributed by atoms with Gasteiger partial charge in [-0.25, -0.2) is 0 Å². The number of halogens is 1. The van der Waals surface area contributed by atoms with E-state index in [-0.39, 0.29) is 13.3 Å². The molecule has 0 aromatic heterocycles. The molecule has 2 aromatic rings. The monoisotopic (exact) mass is 618 g/mol. The number of carbonyl (C=O) groups excluding carboxylic acids is 1. The van der Waals surface area contributed by atoms with E-state index < -0.39 is 5.41 Å². The van der Waals surface area contributed by atoms with Gasteiger partial charge in [-0.15, -0.1) is 0 Å². The number of anilines is 1. The summed E-state index contributed by atoms with van der Waals surface area (Å²) in [6, 6.07) is 14.1. The molecule has 2 aliphatic heterocycles.